The molecule has 19 heavy (non-hydrogen) atoms. The predicted octanol–water partition coefficient (Wildman–Crippen LogP) is -0.796. The molecule has 1 atom stereocenters. The van der Waals surface area contributed by atoms with Crippen molar-refractivity contribution in [1.29, 1.82) is 0 Å². The second-order valence-electron chi connectivity index (χ2n) is 4.76. The van der Waals surface area contributed by atoms with Crippen molar-refractivity contribution in [3.05, 3.63) is 33.1 Å². The van der Waals surface area contributed by atoms with Gasteiger partial charge in [-0.15, -0.1) is 0 Å². The molecule has 3 N–H and O–H groups in total. The summed E-state index contributed by atoms with van der Waals surface area (Å²) in [5.41, 5.74) is -2.10. The monoisotopic (exact) mass is 269 g/mol. The van der Waals surface area contributed by atoms with Crippen LogP contribution in [0.15, 0.2) is 21.9 Å². The Bertz CT molecular complexity index is 544. The van der Waals surface area contributed by atoms with E-state index in [-0.39, 0.29) is 13.1 Å². The standard InChI is InChI=1S/C12H19N3O4/c1-3-5-12(2,19)8-13-10(17)7-15-6-4-9(16)14-11(15)18/h4,6,19H,3,5,7-8H2,1-2H3,(H,13,17)(H,14,16,18). The molecule has 0 radical (unpaired) electrons. The third-order valence-electron chi connectivity index (χ3n) is 2.67. The SMILES string of the molecule is CCCC(C)(O)CNC(=O)Cn1ccc(=O)[nH]c1=O. The van der Waals surface area contributed by atoms with Crippen molar-refractivity contribution in [1.82, 2.24) is 14.9 Å². The lowest BCUT2D eigenvalue weighted by atomic mass is 10.0. The van der Waals surface area contributed by atoms with Crippen molar-refractivity contribution in [3.63, 3.8) is 0 Å². The van der Waals surface area contributed by atoms with E-state index in [0.717, 1.165) is 11.0 Å². The number of carbonyl (C=O) groups is 1. The lowest BCUT2D eigenvalue weighted by Gasteiger charge is -2.22. The largest absolute Gasteiger partial charge is 0.388 e. The highest BCUT2D eigenvalue weighted by Crippen LogP contribution is 2.09. The van der Waals surface area contributed by atoms with Crippen LogP contribution in [0.3, 0.4) is 0 Å². The van der Waals surface area contributed by atoms with Gasteiger partial charge in [-0.2, -0.15) is 0 Å². The Labute approximate surface area is 110 Å². The Morgan fingerprint density at radius 3 is 2.79 bits per heavy atom. The average molecular weight is 269 g/mol. The number of carbonyl (C=O) groups excluding carboxylic acids is 1. The first-order chi connectivity index (χ1) is 8.84. The molecule has 0 saturated heterocycles. The second kappa shape index (κ2) is 6.33. The van der Waals surface area contributed by atoms with Crippen LogP contribution in [0.4, 0.5) is 0 Å². The maximum atomic E-state index is 11.6. The number of hydrogen-bond donors (Lipinski definition) is 3. The molecule has 7 nitrogen and oxygen atoms in total. The van der Waals surface area contributed by atoms with Crippen molar-refractivity contribution in [2.75, 3.05) is 6.54 Å². The highest BCUT2D eigenvalue weighted by atomic mass is 16.3. The van der Waals surface area contributed by atoms with Crippen molar-refractivity contribution >= 4 is 5.91 Å². The van der Waals surface area contributed by atoms with E-state index in [1.807, 2.05) is 6.92 Å². The Balaban J connectivity index is 2.56. The summed E-state index contributed by atoms with van der Waals surface area (Å²) in [5, 5.41) is 12.4. The van der Waals surface area contributed by atoms with Gasteiger partial charge in [-0.25, -0.2) is 4.79 Å². The molecule has 0 fully saturated rings. The van der Waals surface area contributed by atoms with Gasteiger partial charge in [0.2, 0.25) is 5.91 Å². The van der Waals surface area contributed by atoms with E-state index in [0.29, 0.717) is 6.42 Å². The van der Waals surface area contributed by atoms with E-state index in [2.05, 4.69) is 10.3 Å². The molecule has 1 aromatic heterocycles. The van der Waals surface area contributed by atoms with Gasteiger partial charge in [-0.3, -0.25) is 19.1 Å². The summed E-state index contributed by atoms with van der Waals surface area (Å²) in [6.07, 6.45) is 2.64. The lowest BCUT2D eigenvalue weighted by molar-refractivity contribution is -0.122. The topological polar surface area (TPSA) is 104 Å². The number of aromatic amines is 1. The summed E-state index contributed by atoms with van der Waals surface area (Å²) in [7, 11) is 0. The van der Waals surface area contributed by atoms with Crippen LogP contribution < -0.4 is 16.6 Å². The number of hydrogen-bond acceptors (Lipinski definition) is 4. The van der Waals surface area contributed by atoms with Gasteiger partial charge in [-0.05, 0) is 13.3 Å². The Morgan fingerprint density at radius 1 is 1.53 bits per heavy atom. The molecule has 0 aromatic carbocycles. The fraction of sp³-hybridized carbons (Fsp3) is 0.583. The van der Waals surface area contributed by atoms with E-state index in [1.54, 1.807) is 6.92 Å². The van der Waals surface area contributed by atoms with E-state index in [4.69, 9.17) is 0 Å². The Morgan fingerprint density at radius 2 is 2.21 bits per heavy atom. The maximum absolute atomic E-state index is 11.6. The average Bonchev–Trinajstić information content (AvgIpc) is 2.30. The number of rotatable bonds is 6. The highest BCUT2D eigenvalue weighted by molar-refractivity contribution is 5.75. The molecule has 0 aliphatic carbocycles. The zero-order chi connectivity index (χ0) is 14.5. The quantitative estimate of drug-likeness (QED) is 0.629. The first-order valence-electron chi connectivity index (χ1n) is 6.13. The molecule has 1 amide bonds. The van der Waals surface area contributed by atoms with Crippen LogP contribution in [-0.2, 0) is 11.3 Å². The van der Waals surface area contributed by atoms with Gasteiger partial charge in [0.05, 0.1) is 5.60 Å². The van der Waals surface area contributed by atoms with Gasteiger partial charge in [0.1, 0.15) is 6.54 Å². The summed E-state index contributed by atoms with van der Waals surface area (Å²) in [5.74, 6) is -0.398. The normalized spacial score (nSPS) is 13.8. The molecule has 1 heterocycles. The van der Waals surface area contributed by atoms with Gasteiger partial charge in [0.15, 0.2) is 0 Å². The number of aromatic nitrogens is 2. The molecular weight excluding hydrogens is 250 g/mol. The third kappa shape index (κ3) is 5.09. The molecule has 1 rings (SSSR count). The van der Waals surface area contributed by atoms with Gasteiger partial charge >= 0.3 is 5.69 Å². The van der Waals surface area contributed by atoms with Crippen LogP contribution in [0, 0.1) is 0 Å². The minimum atomic E-state index is -0.958. The van der Waals surface area contributed by atoms with Crippen LogP contribution in [-0.4, -0.2) is 32.7 Å². The molecule has 0 spiro atoms. The molecule has 0 saturated carbocycles. The molecule has 7 heteroatoms. The van der Waals surface area contributed by atoms with E-state index in [1.165, 1.54) is 12.3 Å². The third-order valence-corrected chi connectivity index (χ3v) is 2.67. The van der Waals surface area contributed by atoms with Crippen LogP contribution in [0.5, 0.6) is 0 Å². The lowest BCUT2D eigenvalue weighted by Crippen LogP contribution is -2.43. The number of aliphatic hydroxyl groups is 1. The van der Waals surface area contributed by atoms with Crippen molar-refractivity contribution in [2.45, 2.75) is 38.8 Å². The number of H-pyrrole nitrogens is 1. The Kier molecular flexibility index (Phi) is 5.05. The molecular formula is C12H19N3O4. The van der Waals surface area contributed by atoms with Crippen LogP contribution in [0.1, 0.15) is 26.7 Å². The number of nitrogens with one attached hydrogen (secondary N) is 2. The minimum absolute atomic E-state index is 0.123. The summed E-state index contributed by atoms with van der Waals surface area (Å²) in [6, 6.07) is 1.17. The van der Waals surface area contributed by atoms with Crippen LogP contribution >= 0.6 is 0 Å². The van der Waals surface area contributed by atoms with Gasteiger partial charge < -0.3 is 10.4 Å². The number of amides is 1. The first kappa shape index (κ1) is 15.2. The first-order valence-corrected chi connectivity index (χ1v) is 6.13. The van der Waals surface area contributed by atoms with Crippen molar-refractivity contribution < 1.29 is 9.90 Å². The molecule has 0 aliphatic rings. The summed E-state index contributed by atoms with van der Waals surface area (Å²) in [6.45, 7) is 3.51. The molecule has 1 unspecified atom stereocenters. The molecule has 106 valence electrons. The molecule has 0 aliphatic heterocycles. The Hall–Kier alpha value is -1.89. The van der Waals surface area contributed by atoms with E-state index < -0.39 is 22.8 Å². The van der Waals surface area contributed by atoms with Gasteiger partial charge in [0.25, 0.3) is 5.56 Å². The fourth-order valence-corrected chi connectivity index (χ4v) is 1.70. The molecule has 1 aromatic rings. The predicted molar refractivity (Wildman–Crippen MR) is 69.9 cm³/mol. The van der Waals surface area contributed by atoms with Gasteiger partial charge in [-0.1, -0.05) is 13.3 Å². The summed E-state index contributed by atoms with van der Waals surface area (Å²) < 4.78 is 1.09. The fourth-order valence-electron chi connectivity index (χ4n) is 1.70. The van der Waals surface area contributed by atoms with Crippen LogP contribution in [0.25, 0.3) is 0 Å². The van der Waals surface area contributed by atoms with Gasteiger partial charge in [0, 0.05) is 18.8 Å². The zero-order valence-corrected chi connectivity index (χ0v) is 11.1. The van der Waals surface area contributed by atoms with Crippen molar-refractivity contribution in [2.24, 2.45) is 0 Å². The zero-order valence-electron chi connectivity index (χ0n) is 11.1. The molecule has 0 bridgehead atoms. The highest BCUT2D eigenvalue weighted by Gasteiger charge is 2.19. The summed E-state index contributed by atoms with van der Waals surface area (Å²) >= 11 is 0. The maximum Gasteiger partial charge on any atom is 0.328 e. The smallest absolute Gasteiger partial charge is 0.328 e. The second-order valence-corrected chi connectivity index (χ2v) is 4.76. The van der Waals surface area contributed by atoms with Crippen LogP contribution in [0.2, 0.25) is 0 Å². The van der Waals surface area contributed by atoms with Crippen molar-refractivity contribution in [3.8, 4) is 0 Å². The van der Waals surface area contributed by atoms with E-state index >= 15 is 0 Å². The minimum Gasteiger partial charge on any atom is -0.388 e. The van der Waals surface area contributed by atoms with E-state index in [9.17, 15) is 19.5 Å². The number of nitrogens with zero attached hydrogens (tertiary/aromatic N) is 1. The summed E-state index contributed by atoms with van der Waals surface area (Å²) in [4.78, 5) is 35.9.